The first-order valence-corrected chi connectivity index (χ1v) is 6.48. The molecule has 0 aromatic heterocycles. The molecule has 0 aliphatic carbocycles. The highest BCUT2D eigenvalue weighted by atomic mass is 35.5. The summed E-state index contributed by atoms with van der Waals surface area (Å²) in [5.74, 6) is 5.60. The van der Waals surface area contributed by atoms with E-state index in [2.05, 4.69) is 11.5 Å². The van der Waals surface area contributed by atoms with Gasteiger partial charge in [-0.15, -0.1) is 0 Å². The molecule has 3 N–H and O–H groups in total. The molecule has 0 saturated carbocycles. The van der Waals surface area contributed by atoms with Gasteiger partial charge in [0.15, 0.2) is 0 Å². The second kappa shape index (κ2) is 6.36. The van der Waals surface area contributed by atoms with E-state index < -0.39 is 0 Å². The van der Waals surface area contributed by atoms with Gasteiger partial charge < -0.3 is 4.74 Å². The van der Waals surface area contributed by atoms with E-state index in [9.17, 15) is 0 Å². The molecule has 0 amide bonds. The number of ether oxygens (including phenoxy) is 1. The van der Waals surface area contributed by atoms with Gasteiger partial charge in [-0.1, -0.05) is 23.7 Å². The summed E-state index contributed by atoms with van der Waals surface area (Å²) in [6.07, 6.45) is 4.52. The van der Waals surface area contributed by atoms with E-state index in [1.807, 2.05) is 18.2 Å². The molecule has 0 spiro atoms. The third-order valence-electron chi connectivity index (χ3n) is 3.18. The van der Waals surface area contributed by atoms with Gasteiger partial charge in [0.05, 0.1) is 6.10 Å². The first-order valence-electron chi connectivity index (χ1n) is 6.10. The van der Waals surface area contributed by atoms with Crippen LogP contribution in [-0.4, -0.2) is 18.8 Å². The van der Waals surface area contributed by atoms with Crippen molar-refractivity contribution in [2.75, 3.05) is 6.61 Å². The fraction of sp³-hybridized carbons (Fsp3) is 0.538. The molecular formula is C13H19ClN2O. The maximum Gasteiger partial charge on any atom is 0.0591 e. The van der Waals surface area contributed by atoms with Gasteiger partial charge in [0.25, 0.3) is 0 Å². The van der Waals surface area contributed by atoms with Crippen molar-refractivity contribution >= 4 is 11.6 Å². The van der Waals surface area contributed by atoms with Crippen LogP contribution in [0.3, 0.4) is 0 Å². The second-order valence-corrected chi connectivity index (χ2v) is 5.00. The molecule has 0 bridgehead atoms. The van der Waals surface area contributed by atoms with Crippen molar-refractivity contribution in [3.8, 4) is 0 Å². The Balaban J connectivity index is 1.90. The third kappa shape index (κ3) is 3.96. The van der Waals surface area contributed by atoms with Gasteiger partial charge in [-0.2, -0.15) is 0 Å². The summed E-state index contributed by atoms with van der Waals surface area (Å²) in [6, 6.07) is 8.16. The fourth-order valence-corrected chi connectivity index (χ4v) is 2.52. The number of nitrogens with one attached hydrogen (secondary N) is 1. The molecule has 3 nitrogen and oxygen atoms in total. The second-order valence-electron chi connectivity index (χ2n) is 4.57. The molecule has 1 saturated heterocycles. The van der Waals surface area contributed by atoms with Crippen LogP contribution in [0.2, 0.25) is 5.02 Å². The van der Waals surface area contributed by atoms with E-state index in [-0.39, 0.29) is 6.04 Å². The van der Waals surface area contributed by atoms with Gasteiger partial charge in [-0.3, -0.25) is 11.3 Å². The summed E-state index contributed by atoms with van der Waals surface area (Å²) >= 11 is 5.97. The summed E-state index contributed by atoms with van der Waals surface area (Å²) in [7, 11) is 0. The maximum absolute atomic E-state index is 5.97. The minimum Gasteiger partial charge on any atom is -0.378 e. The maximum atomic E-state index is 5.97. The van der Waals surface area contributed by atoms with Gasteiger partial charge in [0, 0.05) is 17.7 Å². The van der Waals surface area contributed by atoms with E-state index in [0.717, 1.165) is 30.9 Å². The zero-order chi connectivity index (χ0) is 12.1. The number of halogens is 1. The lowest BCUT2D eigenvalue weighted by Crippen LogP contribution is -2.39. The molecule has 1 aliphatic rings. The van der Waals surface area contributed by atoms with Crippen molar-refractivity contribution in [1.82, 2.24) is 5.43 Å². The largest absolute Gasteiger partial charge is 0.378 e. The minimum absolute atomic E-state index is 0.247. The van der Waals surface area contributed by atoms with E-state index >= 15 is 0 Å². The summed E-state index contributed by atoms with van der Waals surface area (Å²) in [5, 5.41) is 0.774. The molecule has 2 unspecified atom stereocenters. The van der Waals surface area contributed by atoms with Crippen LogP contribution in [0.5, 0.6) is 0 Å². The van der Waals surface area contributed by atoms with Gasteiger partial charge in [-0.25, -0.2) is 0 Å². The van der Waals surface area contributed by atoms with Crippen LogP contribution in [0.15, 0.2) is 24.3 Å². The minimum atomic E-state index is 0.247. The van der Waals surface area contributed by atoms with E-state index in [4.69, 9.17) is 22.2 Å². The zero-order valence-corrected chi connectivity index (χ0v) is 10.6. The molecule has 4 heteroatoms. The third-order valence-corrected chi connectivity index (χ3v) is 3.41. The number of benzene rings is 1. The van der Waals surface area contributed by atoms with E-state index in [1.165, 1.54) is 12.0 Å². The Bertz CT molecular complexity index is 353. The average Bonchev–Trinajstić information content (AvgIpc) is 2.81. The summed E-state index contributed by atoms with van der Waals surface area (Å²) in [6.45, 7) is 0.888. The Kier molecular flexibility index (Phi) is 4.80. The van der Waals surface area contributed by atoms with Crippen molar-refractivity contribution in [1.29, 1.82) is 0 Å². The Morgan fingerprint density at radius 1 is 1.53 bits per heavy atom. The van der Waals surface area contributed by atoms with Crippen LogP contribution in [-0.2, 0) is 11.2 Å². The van der Waals surface area contributed by atoms with E-state index in [1.54, 1.807) is 0 Å². The molecular weight excluding hydrogens is 236 g/mol. The predicted octanol–water partition coefficient (Wildman–Crippen LogP) is 2.28. The number of hydrogen-bond donors (Lipinski definition) is 2. The Morgan fingerprint density at radius 2 is 2.41 bits per heavy atom. The topological polar surface area (TPSA) is 47.3 Å². The SMILES string of the molecule is NNC(Cc1cccc(Cl)c1)CC1CCCO1. The van der Waals surface area contributed by atoms with Crippen molar-refractivity contribution in [2.45, 2.75) is 37.8 Å². The van der Waals surface area contributed by atoms with Crippen molar-refractivity contribution in [2.24, 2.45) is 5.84 Å². The standard InChI is InChI=1S/C13H19ClN2O/c14-11-4-1-3-10(7-11)8-12(16-15)9-13-5-2-6-17-13/h1,3-4,7,12-13,16H,2,5-6,8-9,15H2. The van der Waals surface area contributed by atoms with Crippen molar-refractivity contribution < 1.29 is 4.74 Å². The number of nitrogens with two attached hydrogens (primary N) is 1. The molecule has 2 atom stereocenters. The summed E-state index contributed by atoms with van der Waals surface area (Å²) < 4.78 is 5.63. The first kappa shape index (κ1) is 12.8. The molecule has 0 radical (unpaired) electrons. The highest BCUT2D eigenvalue weighted by molar-refractivity contribution is 6.30. The van der Waals surface area contributed by atoms with Gasteiger partial charge in [0.1, 0.15) is 0 Å². The molecule has 94 valence electrons. The predicted molar refractivity (Wildman–Crippen MR) is 69.9 cm³/mol. The monoisotopic (exact) mass is 254 g/mol. The van der Waals surface area contributed by atoms with Crippen LogP contribution >= 0.6 is 11.6 Å². The number of hydrazine groups is 1. The van der Waals surface area contributed by atoms with Crippen LogP contribution in [0, 0.1) is 0 Å². The summed E-state index contributed by atoms with van der Waals surface area (Å²) in [4.78, 5) is 0. The lowest BCUT2D eigenvalue weighted by atomic mass is 10.00. The van der Waals surface area contributed by atoms with E-state index in [0.29, 0.717) is 6.10 Å². The molecule has 2 rings (SSSR count). The van der Waals surface area contributed by atoms with Crippen molar-refractivity contribution in [3.63, 3.8) is 0 Å². The van der Waals surface area contributed by atoms with Crippen molar-refractivity contribution in [3.05, 3.63) is 34.9 Å². The normalized spacial score (nSPS) is 21.6. The van der Waals surface area contributed by atoms with Gasteiger partial charge in [0.2, 0.25) is 0 Å². The molecule has 1 aromatic carbocycles. The zero-order valence-electron chi connectivity index (χ0n) is 9.86. The molecule has 17 heavy (non-hydrogen) atoms. The quantitative estimate of drug-likeness (QED) is 0.626. The highest BCUT2D eigenvalue weighted by Gasteiger charge is 2.20. The van der Waals surface area contributed by atoms with Gasteiger partial charge in [-0.05, 0) is 43.4 Å². The molecule has 1 fully saturated rings. The van der Waals surface area contributed by atoms with Gasteiger partial charge >= 0.3 is 0 Å². The summed E-state index contributed by atoms with van der Waals surface area (Å²) in [5.41, 5.74) is 4.08. The van der Waals surface area contributed by atoms with Crippen LogP contribution in [0.4, 0.5) is 0 Å². The number of rotatable bonds is 5. The highest BCUT2D eigenvalue weighted by Crippen LogP contribution is 2.19. The fourth-order valence-electron chi connectivity index (χ4n) is 2.31. The lowest BCUT2D eigenvalue weighted by Gasteiger charge is -2.19. The van der Waals surface area contributed by atoms with Crippen LogP contribution in [0.25, 0.3) is 0 Å². The molecule has 1 heterocycles. The Labute approximate surface area is 107 Å². The van der Waals surface area contributed by atoms with Crippen LogP contribution in [0.1, 0.15) is 24.8 Å². The lowest BCUT2D eigenvalue weighted by molar-refractivity contribution is 0.0946. The van der Waals surface area contributed by atoms with Crippen LogP contribution < -0.4 is 11.3 Å². The first-order chi connectivity index (χ1) is 8.28. The molecule has 1 aliphatic heterocycles. The average molecular weight is 255 g/mol. The number of hydrogen-bond acceptors (Lipinski definition) is 3. The smallest absolute Gasteiger partial charge is 0.0591 e. The Hall–Kier alpha value is -0.610. The molecule has 1 aromatic rings. The Morgan fingerprint density at radius 3 is 3.06 bits per heavy atom.